The predicted octanol–water partition coefficient (Wildman–Crippen LogP) is 3.04. The summed E-state index contributed by atoms with van der Waals surface area (Å²) in [5.41, 5.74) is 1.01. The van der Waals surface area contributed by atoms with Gasteiger partial charge in [-0.2, -0.15) is 0 Å². The molecule has 1 saturated carbocycles. The Kier molecular flexibility index (Phi) is 2.21. The molecule has 2 rings (SSSR count). The highest BCUT2D eigenvalue weighted by atomic mass is 19.1. The van der Waals surface area contributed by atoms with Crippen LogP contribution in [0.25, 0.3) is 0 Å². The van der Waals surface area contributed by atoms with E-state index >= 15 is 0 Å². The summed E-state index contributed by atoms with van der Waals surface area (Å²) in [6, 6.07) is 7.07. The topological polar surface area (TPSA) is 12.0 Å². The van der Waals surface area contributed by atoms with E-state index in [0.29, 0.717) is 6.04 Å². The number of nitrogens with one attached hydrogen (secondary N) is 1. The molecular formula is C11H14FN. The molecule has 0 heterocycles. The average Bonchev–Trinajstić information content (AvgIpc) is 2.91. The third kappa shape index (κ3) is 2.20. The van der Waals surface area contributed by atoms with E-state index in [1.165, 1.54) is 25.0 Å². The normalized spacial score (nSPS) is 18.3. The molecule has 13 heavy (non-hydrogen) atoms. The van der Waals surface area contributed by atoms with E-state index in [1.807, 2.05) is 0 Å². The van der Waals surface area contributed by atoms with Crippen LogP contribution in [0.3, 0.4) is 0 Å². The summed E-state index contributed by atoms with van der Waals surface area (Å²) in [4.78, 5) is 0. The summed E-state index contributed by atoms with van der Waals surface area (Å²) in [6.45, 7) is 2.18. The lowest BCUT2D eigenvalue weighted by Gasteiger charge is -2.13. The zero-order chi connectivity index (χ0) is 9.26. The van der Waals surface area contributed by atoms with E-state index in [4.69, 9.17) is 0 Å². The van der Waals surface area contributed by atoms with E-state index in [1.54, 1.807) is 12.1 Å². The van der Waals surface area contributed by atoms with Gasteiger partial charge in [0.15, 0.2) is 0 Å². The molecule has 0 saturated heterocycles. The minimum absolute atomic E-state index is 0.176. The fourth-order valence-electron chi connectivity index (χ4n) is 1.52. The van der Waals surface area contributed by atoms with Crippen LogP contribution in [0.5, 0.6) is 0 Å². The second kappa shape index (κ2) is 3.36. The van der Waals surface area contributed by atoms with Gasteiger partial charge in [0.2, 0.25) is 0 Å². The maximum atomic E-state index is 12.6. The molecule has 1 unspecified atom stereocenters. The lowest BCUT2D eigenvalue weighted by Crippen LogP contribution is -2.16. The molecule has 1 N–H and O–H groups in total. The van der Waals surface area contributed by atoms with Gasteiger partial charge < -0.3 is 5.32 Å². The standard InChI is InChI=1S/C11H14FN/c1-8(9-2-3-9)13-11-6-4-10(12)5-7-11/h4-9,13H,2-3H2,1H3. The van der Waals surface area contributed by atoms with Gasteiger partial charge in [0.1, 0.15) is 5.82 Å². The molecule has 0 aliphatic heterocycles. The molecule has 0 aromatic heterocycles. The molecule has 0 radical (unpaired) electrons. The Labute approximate surface area is 78.0 Å². The van der Waals surface area contributed by atoms with Gasteiger partial charge in [-0.25, -0.2) is 4.39 Å². The van der Waals surface area contributed by atoms with Gasteiger partial charge in [-0.3, -0.25) is 0 Å². The van der Waals surface area contributed by atoms with Crippen molar-refractivity contribution in [2.45, 2.75) is 25.8 Å². The molecule has 2 heteroatoms. The Morgan fingerprint density at radius 1 is 1.31 bits per heavy atom. The van der Waals surface area contributed by atoms with Crippen LogP contribution in [-0.2, 0) is 0 Å². The average molecular weight is 179 g/mol. The molecule has 0 bridgehead atoms. The maximum Gasteiger partial charge on any atom is 0.123 e. The third-order valence-electron chi connectivity index (χ3n) is 2.57. The van der Waals surface area contributed by atoms with Crippen LogP contribution in [0.1, 0.15) is 19.8 Å². The molecule has 1 aliphatic carbocycles. The second-order valence-electron chi connectivity index (χ2n) is 3.78. The Morgan fingerprint density at radius 2 is 1.92 bits per heavy atom. The molecule has 1 aromatic rings. The number of hydrogen-bond acceptors (Lipinski definition) is 1. The van der Waals surface area contributed by atoms with E-state index in [0.717, 1.165) is 11.6 Å². The summed E-state index contributed by atoms with van der Waals surface area (Å²) in [5.74, 6) is 0.648. The van der Waals surface area contributed by atoms with Crippen molar-refractivity contribution in [1.29, 1.82) is 0 Å². The highest BCUT2D eigenvalue weighted by Crippen LogP contribution is 2.33. The number of hydrogen-bond donors (Lipinski definition) is 1. The van der Waals surface area contributed by atoms with Crippen LogP contribution < -0.4 is 5.32 Å². The van der Waals surface area contributed by atoms with Gasteiger partial charge in [-0.1, -0.05) is 0 Å². The number of anilines is 1. The smallest absolute Gasteiger partial charge is 0.123 e. The first-order valence-electron chi connectivity index (χ1n) is 4.78. The van der Waals surface area contributed by atoms with Crippen molar-refractivity contribution in [3.05, 3.63) is 30.1 Å². The lowest BCUT2D eigenvalue weighted by atomic mass is 10.2. The monoisotopic (exact) mass is 179 g/mol. The Hall–Kier alpha value is -1.05. The second-order valence-corrected chi connectivity index (χ2v) is 3.78. The maximum absolute atomic E-state index is 12.6. The van der Waals surface area contributed by atoms with Crippen LogP contribution >= 0.6 is 0 Å². The highest BCUT2D eigenvalue weighted by Gasteiger charge is 2.27. The first kappa shape index (κ1) is 8.54. The van der Waals surface area contributed by atoms with Gasteiger partial charge in [0.25, 0.3) is 0 Å². The summed E-state index contributed by atoms with van der Waals surface area (Å²) in [6.07, 6.45) is 2.66. The van der Waals surface area contributed by atoms with Crippen molar-refractivity contribution in [3.63, 3.8) is 0 Å². The van der Waals surface area contributed by atoms with Crippen molar-refractivity contribution in [2.24, 2.45) is 5.92 Å². The van der Waals surface area contributed by atoms with Crippen LogP contribution in [0.2, 0.25) is 0 Å². The fraction of sp³-hybridized carbons (Fsp3) is 0.455. The van der Waals surface area contributed by atoms with Crippen molar-refractivity contribution in [1.82, 2.24) is 0 Å². The minimum Gasteiger partial charge on any atom is -0.382 e. The summed E-state index contributed by atoms with van der Waals surface area (Å²) < 4.78 is 12.6. The van der Waals surface area contributed by atoms with Crippen molar-refractivity contribution < 1.29 is 4.39 Å². The van der Waals surface area contributed by atoms with Crippen LogP contribution in [0.15, 0.2) is 24.3 Å². The summed E-state index contributed by atoms with van der Waals surface area (Å²) in [7, 11) is 0. The quantitative estimate of drug-likeness (QED) is 0.752. The van der Waals surface area contributed by atoms with Gasteiger partial charge in [-0.15, -0.1) is 0 Å². The summed E-state index contributed by atoms with van der Waals surface area (Å²) >= 11 is 0. The Morgan fingerprint density at radius 3 is 2.46 bits per heavy atom. The van der Waals surface area contributed by atoms with E-state index in [2.05, 4.69) is 12.2 Å². The lowest BCUT2D eigenvalue weighted by molar-refractivity contribution is 0.627. The van der Waals surface area contributed by atoms with E-state index in [9.17, 15) is 4.39 Å². The molecule has 1 aliphatic rings. The fourth-order valence-corrected chi connectivity index (χ4v) is 1.52. The number of benzene rings is 1. The molecular weight excluding hydrogens is 165 g/mol. The number of rotatable bonds is 3. The first-order chi connectivity index (χ1) is 6.25. The molecule has 1 fully saturated rings. The van der Waals surface area contributed by atoms with Gasteiger partial charge in [0, 0.05) is 11.7 Å². The SMILES string of the molecule is CC(Nc1ccc(F)cc1)C1CC1. The van der Waals surface area contributed by atoms with Gasteiger partial charge in [-0.05, 0) is 49.9 Å². The molecule has 1 aromatic carbocycles. The third-order valence-corrected chi connectivity index (χ3v) is 2.57. The van der Waals surface area contributed by atoms with E-state index < -0.39 is 0 Å². The van der Waals surface area contributed by atoms with Crippen molar-refractivity contribution >= 4 is 5.69 Å². The molecule has 0 amide bonds. The highest BCUT2D eigenvalue weighted by molar-refractivity contribution is 5.43. The molecule has 1 atom stereocenters. The minimum atomic E-state index is -0.176. The molecule has 0 spiro atoms. The van der Waals surface area contributed by atoms with E-state index in [-0.39, 0.29) is 5.82 Å². The summed E-state index contributed by atoms with van der Waals surface area (Å²) in [5, 5.41) is 3.36. The van der Waals surface area contributed by atoms with Gasteiger partial charge in [0.05, 0.1) is 0 Å². The van der Waals surface area contributed by atoms with Crippen LogP contribution in [-0.4, -0.2) is 6.04 Å². The van der Waals surface area contributed by atoms with Crippen molar-refractivity contribution in [2.75, 3.05) is 5.32 Å². The zero-order valence-electron chi connectivity index (χ0n) is 7.76. The van der Waals surface area contributed by atoms with Crippen LogP contribution in [0.4, 0.5) is 10.1 Å². The first-order valence-corrected chi connectivity index (χ1v) is 4.78. The zero-order valence-corrected chi connectivity index (χ0v) is 7.76. The Bertz CT molecular complexity index is 277. The molecule has 1 nitrogen and oxygen atoms in total. The Balaban J connectivity index is 1.96. The number of halogens is 1. The van der Waals surface area contributed by atoms with Crippen LogP contribution in [0, 0.1) is 11.7 Å². The van der Waals surface area contributed by atoms with Gasteiger partial charge >= 0.3 is 0 Å². The predicted molar refractivity (Wildman–Crippen MR) is 52.2 cm³/mol. The largest absolute Gasteiger partial charge is 0.382 e. The molecule has 70 valence electrons. The van der Waals surface area contributed by atoms with Crippen molar-refractivity contribution in [3.8, 4) is 0 Å².